The molecule has 0 bridgehead atoms. The fraction of sp³-hybridized carbons (Fsp3) is 0.458. The lowest BCUT2D eigenvalue weighted by atomic mass is 9.85. The number of hydrogen-bond donors (Lipinski definition) is 1. The smallest absolute Gasteiger partial charge is 0.309 e. The zero-order valence-corrected chi connectivity index (χ0v) is 17.8. The second-order valence-electron chi connectivity index (χ2n) is 7.60. The first-order valence-electron chi connectivity index (χ1n) is 10.4. The molecule has 2 aromatic rings. The van der Waals surface area contributed by atoms with Crippen molar-refractivity contribution >= 4 is 5.97 Å². The minimum absolute atomic E-state index is 0.0539. The highest BCUT2D eigenvalue weighted by Crippen LogP contribution is 2.34. The Morgan fingerprint density at radius 2 is 1.70 bits per heavy atom. The van der Waals surface area contributed by atoms with Crippen molar-refractivity contribution in [1.29, 1.82) is 0 Å². The zero-order chi connectivity index (χ0) is 21.5. The maximum Gasteiger partial charge on any atom is 0.309 e. The highest BCUT2D eigenvalue weighted by molar-refractivity contribution is 5.75. The van der Waals surface area contributed by atoms with Crippen LogP contribution >= 0.6 is 0 Å². The molecule has 2 aromatic carbocycles. The standard InChI is InChI=1S/C24H30O6/c1-4-5-10-29-21-8-6-17(13-20(21)25)12-19-18(15-30-24(19)26)11-16-7-9-22(27-2)23(14-16)28-3/h6-9,13-14,18-19,25H,4-5,10-12,15H2,1-3H3/t18-,19+/m0/s1. The maximum absolute atomic E-state index is 12.4. The molecule has 0 saturated carbocycles. The predicted octanol–water partition coefficient (Wildman–Crippen LogP) is 4.16. The predicted molar refractivity (Wildman–Crippen MR) is 113 cm³/mol. The molecule has 1 heterocycles. The SMILES string of the molecule is CCCCOc1ccc(C[C@H]2C(=O)OC[C@@H]2Cc2ccc(OC)c(OC)c2)cc1O. The van der Waals surface area contributed by atoms with Crippen molar-refractivity contribution in [3.63, 3.8) is 0 Å². The normalized spacial score (nSPS) is 18.2. The molecule has 30 heavy (non-hydrogen) atoms. The van der Waals surface area contributed by atoms with Crippen LogP contribution in [0.4, 0.5) is 0 Å². The lowest BCUT2D eigenvalue weighted by Gasteiger charge is -2.17. The van der Waals surface area contributed by atoms with Gasteiger partial charge in [0, 0.05) is 5.92 Å². The average molecular weight is 414 g/mol. The molecule has 3 rings (SSSR count). The van der Waals surface area contributed by atoms with E-state index in [1.807, 2.05) is 24.3 Å². The first-order valence-corrected chi connectivity index (χ1v) is 10.4. The fourth-order valence-corrected chi connectivity index (χ4v) is 3.76. The number of carbonyl (C=O) groups is 1. The lowest BCUT2D eigenvalue weighted by molar-refractivity contribution is -0.141. The van der Waals surface area contributed by atoms with Crippen LogP contribution in [-0.2, 0) is 22.4 Å². The number of ether oxygens (including phenoxy) is 4. The van der Waals surface area contributed by atoms with Crippen LogP contribution in [0.25, 0.3) is 0 Å². The van der Waals surface area contributed by atoms with Gasteiger partial charge in [-0.2, -0.15) is 0 Å². The molecular formula is C24H30O6. The van der Waals surface area contributed by atoms with Crippen LogP contribution in [0.3, 0.4) is 0 Å². The van der Waals surface area contributed by atoms with Gasteiger partial charge in [0.25, 0.3) is 0 Å². The van der Waals surface area contributed by atoms with E-state index in [1.54, 1.807) is 26.4 Å². The van der Waals surface area contributed by atoms with Crippen molar-refractivity contribution in [3.05, 3.63) is 47.5 Å². The van der Waals surface area contributed by atoms with Crippen LogP contribution in [0.1, 0.15) is 30.9 Å². The number of methoxy groups -OCH3 is 2. The van der Waals surface area contributed by atoms with E-state index in [1.165, 1.54) is 0 Å². The van der Waals surface area contributed by atoms with Crippen LogP contribution in [0.15, 0.2) is 36.4 Å². The molecule has 162 valence electrons. The summed E-state index contributed by atoms with van der Waals surface area (Å²) in [5.74, 6) is 1.52. The summed E-state index contributed by atoms with van der Waals surface area (Å²) < 4.78 is 21.6. The number of benzene rings is 2. The van der Waals surface area contributed by atoms with E-state index in [0.29, 0.717) is 43.3 Å². The van der Waals surface area contributed by atoms with Gasteiger partial charge in [0.2, 0.25) is 0 Å². The molecule has 2 atom stereocenters. The number of phenolic OH excluding ortho intramolecular Hbond substituents is 1. The van der Waals surface area contributed by atoms with E-state index >= 15 is 0 Å². The van der Waals surface area contributed by atoms with Gasteiger partial charge < -0.3 is 24.1 Å². The molecule has 6 nitrogen and oxygen atoms in total. The van der Waals surface area contributed by atoms with E-state index in [0.717, 1.165) is 24.0 Å². The molecule has 0 unspecified atom stereocenters. The summed E-state index contributed by atoms with van der Waals surface area (Å²) in [5.41, 5.74) is 1.94. The second kappa shape index (κ2) is 10.2. The van der Waals surface area contributed by atoms with Crippen LogP contribution in [0.5, 0.6) is 23.0 Å². The van der Waals surface area contributed by atoms with E-state index in [4.69, 9.17) is 18.9 Å². The Kier molecular flexibility index (Phi) is 7.44. The van der Waals surface area contributed by atoms with Crippen molar-refractivity contribution in [2.75, 3.05) is 27.4 Å². The third kappa shape index (κ3) is 5.17. The molecule has 1 saturated heterocycles. The Balaban J connectivity index is 1.69. The molecule has 0 amide bonds. The van der Waals surface area contributed by atoms with Gasteiger partial charge in [-0.25, -0.2) is 0 Å². The molecule has 1 fully saturated rings. The minimum atomic E-state index is -0.260. The zero-order valence-electron chi connectivity index (χ0n) is 17.8. The number of rotatable bonds is 10. The quantitative estimate of drug-likeness (QED) is 0.465. The van der Waals surface area contributed by atoms with E-state index in [9.17, 15) is 9.90 Å². The molecule has 1 aliphatic heterocycles. The summed E-state index contributed by atoms with van der Waals surface area (Å²) in [6.07, 6.45) is 3.18. The topological polar surface area (TPSA) is 74.2 Å². The third-order valence-corrected chi connectivity index (χ3v) is 5.49. The number of unbranched alkanes of at least 4 members (excludes halogenated alkanes) is 1. The minimum Gasteiger partial charge on any atom is -0.504 e. The highest BCUT2D eigenvalue weighted by Gasteiger charge is 2.37. The number of cyclic esters (lactones) is 1. The average Bonchev–Trinajstić information content (AvgIpc) is 3.08. The summed E-state index contributed by atoms with van der Waals surface area (Å²) in [5, 5.41) is 10.3. The molecule has 1 aliphatic rings. The summed E-state index contributed by atoms with van der Waals surface area (Å²) in [4.78, 5) is 12.4. The van der Waals surface area contributed by atoms with E-state index < -0.39 is 0 Å². The van der Waals surface area contributed by atoms with Crippen molar-refractivity contribution < 1.29 is 28.8 Å². The van der Waals surface area contributed by atoms with Gasteiger partial charge >= 0.3 is 5.97 Å². The summed E-state index contributed by atoms with van der Waals surface area (Å²) in [7, 11) is 3.21. The Hall–Kier alpha value is -2.89. The largest absolute Gasteiger partial charge is 0.504 e. The van der Waals surface area contributed by atoms with E-state index in [-0.39, 0.29) is 23.6 Å². The Bertz CT molecular complexity index is 863. The molecular weight excluding hydrogens is 384 g/mol. The van der Waals surface area contributed by atoms with Gasteiger partial charge in [-0.15, -0.1) is 0 Å². The molecule has 1 N–H and O–H groups in total. The summed E-state index contributed by atoms with van der Waals surface area (Å²) in [6, 6.07) is 11.1. The van der Waals surface area contributed by atoms with Crippen molar-refractivity contribution in [3.8, 4) is 23.0 Å². The van der Waals surface area contributed by atoms with Crippen molar-refractivity contribution in [2.24, 2.45) is 11.8 Å². The molecule has 0 radical (unpaired) electrons. The van der Waals surface area contributed by atoms with Crippen molar-refractivity contribution in [1.82, 2.24) is 0 Å². The van der Waals surface area contributed by atoms with Crippen LogP contribution < -0.4 is 14.2 Å². The summed E-state index contributed by atoms with van der Waals surface area (Å²) >= 11 is 0. The van der Waals surface area contributed by atoms with Crippen molar-refractivity contribution in [2.45, 2.75) is 32.6 Å². The maximum atomic E-state index is 12.4. The number of phenols is 1. The number of carbonyl (C=O) groups excluding carboxylic acids is 1. The van der Waals surface area contributed by atoms with Crippen LogP contribution in [-0.4, -0.2) is 38.5 Å². The van der Waals surface area contributed by atoms with Gasteiger partial charge in [-0.1, -0.05) is 25.5 Å². The highest BCUT2D eigenvalue weighted by atomic mass is 16.5. The fourth-order valence-electron chi connectivity index (χ4n) is 3.76. The van der Waals surface area contributed by atoms with Gasteiger partial charge in [0.1, 0.15) is 0 Å². The van der Waals surface area contributed by atoms with Gasteiger partial charge in [0.15, 0.2) is 23.0 Å². The van der Waals surface area contributed by atoms with Gasteiger partial charge in [0.05, 0.1) is 33.4 Å². The Labute approximate surface area is 177 Å². The van der Waals surface area contributed by atoms with Crippen LogP contribution in [0.2, 0.25) is 0 Å². The monoisotopic (exact) mass is 414 g/mol. The first-order chi connectivity index (χ1) is 14.5. The molecule has 0 aromatic heterocycles. The Morgan fingerprint density at radius 1 is 1.00 bits per heavy atom. The number of aromatic hydroxyl groups is 1. The van der Waals surface area contributed by atoms with E-state index in [2.05, 4.69) is 6.92 Å². The summed E-state index contributed by atoms with van der Waals surface area (Å²) in [6.45, 7) is 3.05. The number of esters is 1. The Morgan fingerprint density at radius 3 is 2.37 bits per heavy atom. The van der Waals surface area contributed by atoms with Gasteiger partial charge in [-0.3, -0.25) is 4.79 Å². The van der Waals surface area contributed by atoms with Gasteiger partial charge in [-0.05, 0) is 54.7 Å². The first kappa shape index (κ1) is 21.8. The number of hydrogen-bond acceptors (Lipinski definition) is 6. The lowest BCUT2D eigenvalue weighted by Crippen LogP contribution is -2.20. The molecule has 0 aliphatic carbocycles. The third-order valence-electron chi connectivity index (χ3n) is 5.49. The second-order valence-corrected chi connectivity index (χ2v) is 7.60. The van der Waals surface area contributed by atoms with Crippen LogP contribution in [0, 0.1) is 11.8 Å². The molecule has 0 spiro atoms. The molecule has 6 heteroatoms.